The Balaban J connectivity index is 2.28. The van der Waals surface area contributed by atoms with Crippen molar-refractivity contribution in [2.75, 3.05) is 26.3 Å². The van der Waals surface area contributed by atoms with Crippen LogP contribution in [0.25, 0.3) is 0 Å². The summed E-state index contributed by atoms with van der Waals surface area (Å²) >= 11 is 4.27. The van der Waals surface area contributed by atoms with Crippen molar-refractivity contribution in [2.45, 2.75) is 38.0 Å². The van der Waals surface area contributed by atoms with Gasteiger partial charge in [0.15, 0.2) is 5.78 Å². The van der Waals surface area contributed by atoms with Gasteiger partial charge in [0, 0.05) is 24.4 Å². The van der Waals surface area contributed by atoms with Crippen LogP contribution in [-0.2, 0) is 10.5 Å². The summed E-state index contributed by atoms with van der Waals surface area (Å²) in [6, 6.07) is 7.87. The highest BCUT2D eigenvalue weighted by Crippen LogP contribution is 2.29. The predicted octanol–water partition coefficient (Wildman–Crippen LogP) is 3.19. The average Bonchev–Trinajstić information content (AvgIpc) is 2.57. The van der Waals surface area contributed by atoms with E-state index in [1.54, 1.807) is 0 Å². The molecule has 0 spiro atoms. The van der Waals surface area contributed by atoms with E-state index in [-0.39, 0.29) is 5.78 Å². The van der Waals surface area contributed by atoms with Crippen molar-refractivity contribution in [3.05, 3.63) is 35.4 Å². The fourth-order valence-corrected chi connectivity index (χ4v) is 3.39. The molecule has 0 atom stereocenters. The number of ketones is 1. The van der Waals surface area contributed by atoms with E-state index in [1.807, 2.05) is 24.3 Å². The first kappa shape index (κ1) is 16.5. The molecule has 1 saturated heterocycles. The zero-order valence-corrected chi connectivity index (χ0v) is 13.9. The molecule has 0 N–H and O–H groups in total. The number of nitrogens with zero attached hydrogens (tertiary/aromatic N) is 1. The quantitative estimate of drug-likeness (QED) is 0.646. The van der Waals surface area contributed by atoms with Crippen LogP contribution in [-0.4, -0.2) is 42.5 Å². The third-order valence-corrected chi connectivity index (χ3v) is 4.97. The third-order valence-electron chi connectivity index (χ3n) is 4.61. The van der Waals surface area contributed by atoms with Gasteiger partial charge in [0.1, 0.15) is 0 Å². The molecule has 1 heterocycles. The molecule has 1 aliphatic rings. The van der Waals surface area contributed by atoms with Crippen LogP contribution in [0.5, 0.6) is 0 Å². The minimum absolute atomic E-state index is 0.236. The molecule has 4 heteroatoms. The number of ether oxygens (including phenoxy) is 1. The highest BCUT2D eigenvalue weighted by atomic mass is 32.1. The fourth-order valence-electron chi connectivity index (χ4n) is 3.18. The lowest BCUT2D eigenvalue weighted by Crippen LogP contribution is -2.57. The van der Waals surface area contributed by atoms with Crippen LogP contribution in [0.4, 0.5) is 0 Å². The number of carbonyl (C=O) groups excluding carboxylic acids is 1. The number of morpholine rings is 1. The van der Waals surface area contributed by atoms with Crippen LogP contribution < -0.4 is 0 Å². The molecule has 0 aliphatic carbocycles. The Morgan fingerprint density at radius 2 is 1.76 bits per heavy atom. The van der Waals surface area contributed by atoms with E-state index in [9.17, 15) is 4.79 Å². The molecule has 2 rings (SSSR count). The smallest absolute Gasteiger partial charge is 0.183 e. The van der Waals surface area contributed by atoms with E-state index in [4.69, 9.17) is 4.74 Å². The van der Waals surface area contributed by atoms with E-state index < -0.39 is 5.54 Å². The average molecular weight is 307 g/mol. The Labute approximate surface area is 133 Å². The molecule has 0 aromatic heterocycles. The van der Waals surface area contributed by atoms with Gasteiger partial charge in [-0.1, -0.05) is 38.1 Å². The molecule has 116 valence electrons. The van der Waals surface area contributed by atoms with Crippen molar-refractivity contribution in [3.63, 3.8) is 0 Å². The molecular formula is C17H25NO2S. The van der Waals surface area contributed by atoms with Gasteiger partial charge in [0.05, 0.1) is 18.8 Å². The topological polar surface area (TPSA) is 29.5 Å². The van der Waals surface area contributed by atoms with Crippen LogP contribution in [0, 0.1) is 0 Å². The summed E-state index contributed by atoms with van der Waals surface area (Å²) < 4.78 is 5.44. The number of carbonyl (C=O) groups is 1. The normalized spacial score (nSPS) is 16.9. The summed E-state index contributed by atoms with van der Waals surface area (Å²) in [4.78, 5) is 15.4. The molecule has 1 aromatic carbocycles. The molecule has 3 nitrogen and oxygen atoms in total. The monoisotopic (exact) mass is 307 g/mol. The van der Waals surface area contributed by atoms with Crippen molar-refractivity contribution >= 4 is 18.4 Å². The molecular weight excluding hydrogens is 282 g/mol. The maximum Gasteiger partial charge on any atom is 0.183 e. The van der Waals surface area contributed by atoms with Gasteiger partial charge >= 0.3 is 0 Å². The Kier molecular flexibility index (Phi) is 5.85. The first-order valence-electron chi connectivity index (χ1n) is 7.75. The SMILES string of the molecule is CCC(CC)(C(=O)c1ccc(CS)cc1)N1CCOCC1. The first-order valence-corrected chi connectivity index (χ1v) is 8.38. The van der Waals surface area contributed by atoms with Crippen LogP contribution >= 0.6 is 12.6 Å². The second-order valence-corrected chi connectivity index (χ2v) is 5.84. The molecule has 1 fully saturated rings. The predicted molar refractivity (Wildman–Crippen MR) is 89.2 cm³/mol. The minimum atomic E-state index is -0.397. The van der Waals surface area contributed by atoms with Gasteiger partial charge in [-0.2, -0.15) is 12.6 Å². The van der Waals surface area contributed by atoms with Gasteiger partial charge in [-0.25, -0.2) is 0 Å². The summed E-state index contributed by atoms with van der Waals surface area (Å²) in [5.41, 5.74) is 1.54. The Bertz CT molecular complexity index is 462. The maximum atomic E-state index is 13.1. The fraction of sp³-hybridized carbons (Fsp3) is 0.588. The van der Waals surface area contributed by atoms with Crippen molar-refractivity contribution in [3.8, 4) is 0 Å². The molecule has 1 aliphatic heterocycles. The van der Waals surface area contributed by atoms with Gasteiger partial charge in [0.25, 0.3) is 0 Å². The molecule has 0 unspecified atom stereocenters. The van der Waals surface area contributed by atoms with Crippen molar-refractivity contribution < 1.29 is 9.53 Å². The molecule has 0 amide bonds. The van der Waals surface area contributed by atoms with Gasteiger partial charge in [-0.15, -0.1) is 0 Å². The maximum absolute atomic E-state index is 13.1. The van der Waals surface area contributed by atoms with E-state index >= 15 is 0 Å². The van der Waals surface area contributed by atoms with Gasteiger partial charge < -0.3 is 4.74 Å². The van der Waals surface area contributed by atoms with Crippen molar-refractivity contribution in [2.24, 2.45) is 0 Å². The van der Waals surface area contributed by atoms with E-state index in [2.05, 4.69) is 31.4 Å². The van der Waals surface area contributed by atoms with Crippen molar-refractivity contribution in [1.82, 2.24) is 4.90 Å². The van der Waals surface area contributed by atoms with Crippen LogP contribution in [0.1, 0.15) is 42.6 Å². The highest BCUT2D eigenvalue weighted by molar-refractivity contribution is 7.79. The summed E-state index contributed by atoms with van der Waals surface area (Å²) in [5.74, 6) is 0.935. The van der Waals surface area contributed by atoms with Gasteiger partial charge in [-0.05, 0) is 18.4 Å². The largest absolute Gasteiger partial charge is 0.379 e. The number of Topliss-reactive ketones (excluding diaryl/α,β-unsaturated/α-hetero) is 1. The second-order valence-electron chi connectivity index (χ2n) is 5.52. The molecule has 0 saturated carbocycles. The zero-order valence-electron chi connectivity index (χ0n) is 13.0. The summed E-state index contributed by atoms with van der Waals surface area (Å²) in [5, 5.41) is 0. The van der Waals surface area contributed by atoms with Crippen molar-refractivity contribution in [1.29, 1.82) is 0 Å². The number of hydrogen-bond acceptors (Lipinski definition) is 4. The second kappa shape index (κ2) is 7.43. The van der Waals surface area contributed by atoms with Crippen LogP contribution in [0.3, 0.4) is 0 Å². The number of benzene rings is 1. The summed E-state index contributed by atoms with van der Waals surface area (Å²) in [6.07, 6.45) is 1.66. The third kappa shape index (κ3) is 3.33. The molecule has 0 bridgehead atoms. The highest BCUT2D eigenvalue weighted by Gasteiger charge is 2.41. The number of hydrogen-bond donors (Lipinski definition) is 1. The van der Waals surface area contributed by atoms with Crippen LogP contribution in [0.2, 0.25) is 0 Å². The van der Waals surface area contributed by atoms with E-state index in [1.165, 1.54) is 0 Å². The molecule has 1 aromatic rings. The summed E-state index contributed by atoms with van der Waals surface area (Å²) in [6.45, 7) is 7.32. The minimum Gasteiger partial charge on any atom is -0.379 e. The lowest BCUT2D eigenvalue weighted by atomic mass is 9.82. The van der Waals surface area contributed by atoms with E-state index in [0.717, 1.165) is 37.1 Å². The van der Waals surface area contributed by atoms with Gasteiger partial charge in [-0.3, -0.25) is 9.69 Å². The first-order chi connectivity index (χ1) is 10.2. The summed E-state index contributed by atoms with van der Waals surface area (Å²) in [7, 11) is 0. The standard InChI is InChI=1S/C17H25NO2S/c1-3-17(4-2,18-9-11-20-12-10-18)16(19)15-7-5-14(13-21)6-8-15/h5-8,21H,3-4,9-13H2,1-2H3. The lowest BCUT2D eigenvalue weighted by Gasteiger charge is -2.43. The number of rotatable bonds is 6. The lowest BCUT2D eigenvalue weighted by molar-refractivity contribution is -0.0175. The van der Waals surface area contributed by atoms with E-state index in [0.29, 0.717) is 19.0 Å². The Hall–Kier alpha value is -0.840. The van der Waals surface area contributed by atoms with Crippen LogP contribution in [0.15, 0.2) is 24.3 Å². The van der Waals surface area contributed by atoms with Gasteiger partial charge in [0.2, 0.25) is 0 Å². The number of thiol groups is 1. The molecule has 21 heavy (non-hydrogen) atoms. The Morgan fingerprint density at radius 1 is 1.19 bits per heavy atom. The molecule has 0 radical (unpaired) electrons. The Morgan fingerprint density at radius 3 is 2.24 bits per heavy atom. The zero-order chi connectivity index (χ0) is 15.3.